The maximum Gasteiger partial charge on any atom is 0.223 e. The van der Waals surface area contributed by atoms with E-state index in [1.807, 2.05) is 11.8 Å². The summed E-state index contributed by atoms with van der Waals surface area (Å²) in [6, 6.07) is 0. The number of rotatable bonds is 6. The van der Waals surface area contributed by atoms with Crippen LogP contribution in [0.15, 0.2) is 12.3 Å². The number of hydrogen-bond acceptors (Lipinski definition) is 2. The number of carbonyl (C=O) groups is 1. The summed E-state index contributed by atoms with van der Waals surface area (Å²) in [5, 5.41) is 0. The van der Waals surface area contributed by atoms with Crippen molar-refractivity contribution >= 4 is 5.91 Å². The average molecular weight is 211 g/mol. The maximum absolute atomic E-state index is 11.6. The molecule has 1 amide bonds. The van der Waals surface area contributed by atoms with Crippen molar-refractivity contribution in [2.75, 3.05) is 19.7 Å². The quantitative estimate of drug-likeness (QED) is 0.630. The summed E-state index contributed by atoms with van der Waals surface area (Å²) in [7, 11) is 0. The van der Waals surface area contributed by atoms with Crippen LogP contribution in [-0.2, 0) is 9.53 Å². The Hall–Kier alpha value is -0.990. The van der Waals surface area contributed by atoms with Crippen molar-refractivity contribution in [2.24, 2.45) is 5.92 Å². The largest absolute Gasteiger partial charge is 0.498 e. The molecule has 1 aliphatic rings. The molecule has 15 heavy (non-hydrogen) atoms. The summed E-state index contributed by atoms with van der Waals surface area (Å²) in [6.07, 6.45) is 2.78. The molecule has 0 aromatic heterocycles. The molecule has 0 saturated carbocycles. The topological polar surface area (TPSA) is 29.5 Å². The van der Waals surface area contributed by atoms with E-state index in [0.29, 0.717) is 13.0 Å². The van der Waals surface area contributed by atoms with Gasteiger partial charge in [-0.1, -0.05) is 19.9 Å². The standard InChI is InChI=1S/C12H21NO2/c1-4-6-7-13-9-11(8-12(13)14)10(3)15-5-2/h11H,3-9H2,1-2H3. The summed E-state index contributed by atoms with van der Waals surface area (Å²) in [4.78, 5) is 13.6. The molecule has 1 fully saturated rings. The van der Waals surface area contributed by atoms with Crippen LogP contribution in [0.2, 0.25) is 0 Å². The van der Waals surface area contributed by atoms with Crippen LogP contribution in [0.1, 0.15) is 33.1 Å². The fourth-order valence-electron chi connectivity index (χ4n) is 1.86. The minimum Gasteiger partial charge on any atom is -0.498 e. The van der Waals surface area contributed by atoms with Gasteiger partial charge in [0.15, 0.2) is 0 Å². The number of amides is 1. The third kappa shape index (κ3) is 3.26. The number of ether oxygens (including phenoxy) is 1. The number of hydrogen-bond donors (Lipinski definition) is 0. The monoisotopic (exact) mass is 211 g/mol. The molecule has 0 radical (unpaired) electrons. The minimum atomic E-state index is 0.203. The summed E-state index contributed by atoms with van der Waals surface area (Å²) in [6.45, 7) is 10.3. The zero-order valence-electron chi connectivity index (χ0n) is 9.79. The molecule has 0 aliphatic carbocycles. The summed E-state index contributed by atoms with van der Waals surface area (Å²) in [5.41, 5.74) is 0. The third-order valence-electron chi connectivity index (χ3n) is 2.78. The van der Waals surface area contributed by atoms with Crippen LogP contribution in [0.3, 0.4) is 0 Å². The highest BCUT2D eigenvalue weighted by molar-refractivity contribution is 5.79. The molecule has 3 heteroatoms. The number of unbranched alkanes of at least 4 members (excludes halogenated alkanes) is 1. The van der Waals surface area contributed by atoms with Gasteiger partial charge in [-0.2, -0.15) is 0 Å². The van der Waals surface area contributed by atoms with Gasteiger partial charge >= 0.3 is 0 Å². The Morgan fingerprint density at radius 2 is 2.33 bits per heavy atom. The van der Waals surface area contributed by atoms with Crippen LogP contribution in [0.25, 0.3) is 0 Å². The lowest BCUT2D eigenvalue weighted by Crippen LogP contribution is -2.26. The van der Waals surface area contributed by atoms with Gasteiger partial charge in [0.25, 0.3) is 0 Å². The summed E-state index contributed by atoms with van der Waals surface area (Å²) in [5.74, 6) is 1.22. The van der Waals surface area contributed by atoms with Gasteiger partial charge in [0.2, 0.25) is 5.91 Å². The Kier molecular flexibility index (Phi) is 4.66. The van der Waals surface area contributed by atoms with Gasteiger partial charge in [-0.25, -0.2) is 0 Å². The molecule has 0 spiro atoms. The molecule has 1 unspecified atom stereocenters. The Labute approximate surface area is 92.1 Å². The van der Waals surface area contributed by atoms with E-state index < -0.39 is 0 Å². The molecule has 0 bridgehead atoms. The molecule has 1 heterocycles. The summed E-state index contributed by atoms with van der Waals surface area (Å²) < 4.78 is 5.35. The molecule has 0 N–H and O–H groups in total. The lowest BCUT2D eigenvalue weighted by Gasteiger charge is -2.17. The van der Waals surface area contributed by atoms with Gasteiger partial charge < -0.3 is 9.64 Å². The van der Waals surface area contributed by atoms with E-state index in [2.05, 4.69) is 13.5 Å². The molecule has 0 aromatic rings. The zero-order chi connectivity index (χ0) is 11.3. The number of likely N-dealkylation sites (tertiary alicyclic amines) is 1. The van der Waals surface area contributed by atoms with E-state index in [4.69, 9.17) is 4.74 Å². The first kappa shape index (κ1) is 12.1. The van der Waals surface area contributed by atoms with Crippen molar-refractivity contribution in [3.8, 4) is 0 Å². The number of carbonyl (C=O) groups excluding carboxylic acids is 1. The summed E-state index contributed by atoms with van der Waals surface area (Å²) >= 11 is 0. The average Bonchev–Trinajstić information content (AvgIpc) is 2.57. The smallest absolute Gasteiger partial charge is 0.223 e. The lowest BCUT2D eigenvalue weighted by atomic mass is 10.1. The van der Waals surface area contributed by atoms with Crippen LogP contribution >= 0.6 is 0 Å². The second kappa shape index (κ2) is 5.79. The van der Waals surface area contributed by atoms with Crippen LogP contribution in [0.4, 0.5) is 0 Å². The minimum absolute atomic E-state index is 0.203. The van der Waals surface area contributed by atoms with E-state index in [9.17, 15) is 4.79 Å². The predicted octanol–water partition coefficient (Wildman–Crippen LogP) is 2.19. The molecule has 86 valence electrons. The van der Waals surface area contributed by atoms with Crippen LogP contribution in [0, 0.1) is 5.92 Å². The number of nitrogens with zero attached hydrogens (tertiary/aromatic N) is 1. The van der Waals surface area contributed by atoms with Crippen molar-refractivity contribution in [1.82, 2.24) is 4.90 Å². The second-order valence-corrected chi connectivity index (χ2v) is 3.99. The Balaban J connectivity index is 2.41. The van der Waals surface area contributed by atoms with E-state index in [1.54, 1.807) is 0 Å². The van der Waals surface area contributed by atoms with Crippen molar-refractivity contribution in [2.45, 2.75) is 33.1 Å². The molecule has 1 atom stereocenters. The van der Waals surface area contributed by atoms with Crippen molar-refractivity contribution in [3.63, 3.8) is 0 Å². The first-order chi connectivity index (χ1) is 7.19. The highest BCUT2D eigenvalue weighted by Gasteiger charge is 2.31. The molecule has 1 saturated heterocycles. The lowest BCUT2D eigenvalue weighted by molar-refractivity contribution is -0.127. The third-order valence-corrected chi connectivity index (χ3v) is 2.78. The van der Waals surface area contributed by atoms with E-state index in [0.717, 1.165) is 31.7 Å². The Morgan fingerprint density at radius 3 is 2.93 bits per heavy atom. The Bertz CT molecular complexity index is 238. The first-order valence-corrected chi connectivity index (χ1v) is 5.78. The van der Waals surface area contributed by atoms with Gasteiger partial charge in [-0.05, 0) is 13.3 Å². The van der Waals surface area contributed by atoms with E-state index in [1.165, 1.54) is 0 Å². The SMILES string of the molecule is C=C(OCC)C1CC(=O)N(CCCC)C1. The van der Waals surface area contributed by atoms with Crippen LogP contribution in [0.5, 0.6) is 0 Å². The fraction of sp³-hybridized carbons (Fsp3) is 0.750. The molecule has 0 aromatic carbocycles. The van der Waals surface area contributed by atoms with Gasteiger partial charge in [-0.15, -0.1) is 0 Å². The fourth-order valence-corrected chi connectivity index (χ4v) is 1.86. The van der Waals surface area contributed by atoms with Crippen molar-refractivity contribution in [3.05, 3.63) is 12.3 Å². The van der Waals surface area contributed by atoms with Crippen molar-refractivity contribution < 1.29 is 9.53 Å². The second-order valence-electron chi connectivity index (χ2n) is 3.99. The predicted molar refractivity (Wildman–Crippen MR) is 60.4 cm³/mol. The molecule has 1 aliphatic heterocycles. The molecule has 3 nitrogen and oxygen atoms in total. The highest BCUT2D eigenvalue weighted by atomic mass is 16.5. The zero-order valence-corrected chi connectivity index (χ0v) is 9.79. The molecular formula is C12H21NO2. The highest BCUT2D eigenvalue weighted by Crippen LogP contribution is 2.24. The first-order valence-electron chi connectivity index (χ1n) is 5.78. The van der Waals surface area contributed by atoms with Crippen molar-refractivity contribution in [1.29, 1.82) is 0 Å². The maximum atomic E-state index is 11.6. The van der Waals surface area contributed by atoms with Gasteiger partial charge in [0.1, 0.15) is 0 Å². The van der Waals surface area contributed by atoms with Gasteiger partial charge in [0.05, 0.1) is 12.4 Å². The van der Waals surface area contributed by atoms with Crippen LogP contribution < -0.4 is 0 Å². The molecule has 1 rings (SSSR count). The van der Waals surface area contributed by atoms with Gasteiger partial charge in [-0.3, -0.25) is 4.79 Å². The van der Waals surface area contributed by atoms with E-state index >= 15 is 0 Å². The molecular weight excluding hydrogens is 190 g/mol. The van der Waals surface area contributed by atoms with Crippen LogP contribution in [-0.4, -0.2) is 30.5 Å². The van der Waals surface area contributed by atoms with Gasteiger partial charge in [0, 0.05) is 25.4 Å². The Morgan fingerprint density at radius 1 is 1.60 bits per heavy atom. The van der Waals surface area contributed by atoms with E-state index in [-0.39, 0.29) is 11.8 Å². The normalized spacial score (nSPS) is 20.8.